The van der Waals surface area contributed by atoms with Crippen molar-refractivity contribution >= 4 is 0 Å². The lowest BCUT2D eigenvalue weighted by Gasteiger charge is -2.28. The van der Waals surface area contributed by atoms with Crippen LogP contribution < -0.4 is 10.1 Å². The Morgan fingerprint density at radius 2 is 2.11 bits per heavy atom. The lowest BCUT2D eigenvalue weighted by molar-refractivity contribution is 0.146. The van der Waals surface area contributed by atoms with E-state index >= 15 is 0 Å². The zero-order valence-corrected chi connectivity index (χ0v) is 10.4. The van der Waals surface area contributed by atoms with Crippen LogP contribution in [0.1, 0.15) is 37.3 Å². The molecule has 1 saturated heterocycles. The summed E-state index contributed by atoms with van der Waals surface area (Å²) in [4.78, 5) is 0. The van der Waals surface area contributed by atoms with Gasteiger partial charge in [0.15, 0.2) is 0 Å². The van der Waals surface area contributed by atoms with Gasteiger partial charge >= 0.3 is 0 Å². The van der Waals surface area contributed by atoms with E-state index in [1.54, 1.807) is 0 Å². The van der Waals surface area contributed by atoms with E-state index in [-0.39, 0.29) is 11.3 Å². The van der Waals surface area contributed by atoms with Gasteiger partial charge in [-0.05, 0) is 38.4 Å². The second-order valence-corrected chi connectivity index (χ2v) is 4.74. The summed E-state index contributed by atoms with van der Waals surface area (Å²) in [5, 5.41) is 3.23. The Hall–Kier alpha value is -1.23. The molecule has 0 bridgehead atoms. The molecule has 2 rings (SSSR count). The smallest absolute Gasteiger partial charge is 0.267 e. The maximum absolute atomic E-state index is 13.5. The van der Waals surface area contributed by atoms with Crippen LogP contribution in [0, 0.1) is 5.82 Å². The van der Waals surface area contributed by atoms with E-state index in [1.807, 2.05) is 6.92 Å². The van der Waals surface area contributed by atoms with E-state index in [9.17, 15) is 13.2 Å². The highest BCUT2D eigenvalue weighted by atomic mass is 19.3. The van der Waals surface area contributed by atoms with Crippen molar-refractivity contribution in [1.29, 1.82) is 0 Å². The number of hydrogen-bond acceptors (Lipinski definition) is 2. The normalized spacial score (nSPS) is 23.7. The molecule has 1 unspecified atom stereocenters. The van der Waals surface area contributed by atoms with Crippen molar-refractivity contribution in [3.8, 4) is 5.75 Å². The van der Waals surface area contributed by atoms with Gasteiger partial charge in [-0.1, -0.05) is 0 Å². The lowest BCUT2D eigenvalue weighted by Crippen LogP contribution is -2.34. The number of alkyl halides is 2. The monoisotopic (exact) mass is 259 g/mol. The highest BCUT2D eigenvalue weighted by Gasteiger charge is 2.35. The molecule has 0 saturated carbocycles. The SMILES string of the molecule is COc1c(C(F)F)cc(F)cc1C1(C)CCCN1. The first-order chi connectivity index (χ1) is 8.48. The summed E-state index contributed by atoms with van der Waals surface area (Å²) in [6.45, 7) is 2.67. The van der Waals surface area contributed by atoms with Crippen LogP contribution in [0.25, 0.3) is 0 Å². The van der Waals surface area contributed by atoms with Gasteiger partial charge in [-0.3, -0.25) is 0 Å². The van der Waals surface area contributed by atoms with E-state index in [0.717, 1.165) is 25.5 Å². The Bertz CT molecular complexity index is 442. The largest absolute Gasteiger partial charge is 0.496 e. The van der Waals surface area contributed by atoms with Crippen LogP contribution in [0.15, 0.2) is 12.1 Å². The number of methoxy groups -OCH3 is 1. The van der Waals surface area contributed by atoms with Crippen molar-refractivity contribution in [3.63, 3.8) is 0 Å². The van der Waals surface area contributed by atoms with Crippen molar-refractivity contribution < 1.29 is 17.9 Å². The zero-order valence-electron chi connectivity index (χ0n) is 10.4. The summed E-state index contributed by atoms with van der Waals surface area (Å²) in [7, 11) is 1.33. The predicted molar refractivity (Wildman–Crippen MR) is 62.5 cm³/mol. The van der Waals surface area contributed by atoms with Gasteiger partial charge in [0.05, 0.1) is 12.7 Å². The molecule has 1 aliphatic heterocycles. The minimum atomic E-state index is -2.75. The second-order valence-electron chi connectivity index (χ2n) is 4.74. The number of ether oxygens (including phenoxy) is 1. The highest BCUT2D eigenvalue weighted by Crippen LogP contribution is 2.41. The lowest BCUT2D eigenvalue weighted by atomic mass is 9.88. The Kier molecular flexibility index (Phi) is 3.52. The molecule has 2 nitrogen and oxygen atoms in total. The van der Waals surface area contributed by atoms with E-state index in [4.69, 9.17) is 4.74 Å². The van der Waals surface area contributed by atoms with Gasteiger partial charge in [0, 0.05) is 11.1 Å². The van der Waals surface area contributed by atoms with Gasteiger partial charge in [-0.25, -0.2) is 13.2 Å². The third-order valence-corrected chi connectivity index (χ3v) is 3.48. The molecule has 0 aromatic heterocycles. The third kappa shape index (κ3) is 2.19. The van der Waals surface area contributed by atoms with Crippen LogP contribution in [0.2, 0.25) is 0 Å². The summed E-state index contributed by atoms with van der Waals surface area (Å²) >= 11 is 0. The Balaban J connectivity index is 2.58. The van der Waals surface area contributed by atoms with Crippen molar-refractivity contribution in [2.75, 3.05) is 13.7 Å². The first-order valence-electron chi connectivity index (χ1n) is 5.89. The molecule has 0 amide bonds. The summed E-state index contributed by atoms with van der Waals surface area (Å²) in [6.07, 6.45) is -1.05. The molecule has 1 aliphatic rings. The molecule has 1 aromatic carbocycles. The third-order valence-electron chi connectivity index (χ3n) is 3.48. The summed E-state index contributed by atoms with van der Waals surface area (Å²) in [5.74, 6) is -0.570. The number of halogens is 3. The second kappa shape index (κ2) is 4.80. The van der Waals surface area contributed by atoms with Gasteiger partial charge in [0.2, 0.25) is 0 Å². The van der Waals surface area contributed by atoms with Crippen molar-refractivity contribution in [2.24, 2.45) is 0 Å². The molecule has 0 spiro atoms. The molecule has 1 atom stereocenters. The number of benzene rings is 1. The summed E-state index contributed by atoms with van der Waals surface area (Å²) in [5.41, 5.74) is -0.419. The average Bonchev–Trinajstić information content (AvgIpc) is 2.76. The molecule has 1 fully saturated rings. The zero-order chi connectivity index (χ0) is 13.3. The Morgan fingerprint density at radius 3 is 2.61 bits per heavy atom. The Morgan fingerprint density at radius 1 is 1.39 bits per heavy atom. The molecular weight excluding hydrogens is 243 g/mol. The predicted octanol–water partition coefficient (Wildman–Crippen LogP) is 3.37. The summed E-state index contributed by atoms with van der Waals surface area (Å²) < 4.78 is 44.4. The van der Waals surface area contributed by atoms with Crippen molar-refractivity contribution in [2.45, 2.75) is 31.7 Å². The average molecular weight is 259 g/mol. The standard InChI is InChI=1S/C13H16F3NO/c1-13(4-3-5-17-13)10-7-8(14)6-9(12(15)16)11(10)18-2/h6-7,12,17H,3-5H2,1-2H3. The van der Waals surface area contributed by atoms with Crippen LogP contribution in [0.4, 0.5) is 13.2 Å². The van der Waals surface area contributed by atoms with Gasteiger partial charge in [-0.2, -0.15) is 0 Å². The molecule has 100 valence electrons. The fourth-order valence-electron chi connectivity index (χ4n) is 2.54. The van der Waals surface area contributed by atoms with Crippen molar-refractivity contribution in [3.05, 3.63) is 29.1 Å². The molecule has 0 radical (unpaired) electrons. The highest BCUT2D eigenvalue weighted by molar-refractivity contribution is 5.47. The summed E-state index contributed by atoms with van der Waals surface area (Å²) in [6, 6.07) is 2.12. The van der Waals surface area contributed by atoms with Crippen molar-refractivity contribution in [1.82, 2.24) is 5.32 Å². The van der Waals surface area contributed by atoms with Crippen LogP contribution in [0.5, 0.6) is 5.75 Å². The number of nitrogens with one attached hydrogen (secondary N) is 1. The maximum atomic E-state index is 13.5. The topological polar surface area (TPSA) is 21.3 Å². The molecule has 1 N–H and O–H groups in total. The first kappa shape index (κ1) is 13.2. The van der Waals surface area contributed by atoms with Crippen LogP contribution in [0.3, 0.4) is 0 Å². The first-order valence-corrected chi connectivity index (χ1v) is 5.89. The minimum absolute atomic E-state index is 0.0864. The van der Waals surface area contributed by atoms with Crippen LogP contribution in [-0.2, 0) is 5.54 Å². The van der Waals surface area contributed by atoms with Gasteiger partial charge in [0.25, 0.3) is 6.43 Å². The van der Waals surface area contributed by atoms with Crippen LogP contribution in [-0.4, -0.2) is 13.7 Å². The molecule has 1 aromatic rings. The molecule has 0 aliphatic carbocycles. The van der Waals surface area contributed by atoms with Gasteiger partial charge in [0.1, 0.15) is 11.6 Å². The van der Waals surface area contributed by atoms with Gasteiger partial charge < -0.3 is 10.1 Å². The van der Waals surface area contributed by atoms with E-state index < -0.39 is 17.8 Å². The number of rotatable bonds is 3. The van der Waals surface area contributed by atoms with Crippen LogP contribution >= 0.6 is 0 Å². The van der Waals surface area contributed by atoms with Gasteiger partial charge in [-0.15, -0.1) is 0 Å². The maximum Gasteiger partial charge on any atom is 0.267 e. The fourth-order valence-corrected chi connectivity index (χ4v) is 2.54. The fraction of sp³-hybridized carbons (Fsp3) is 0.538. The minimum Gasteiger partial charge on any atom is -0.496 e. The quantitative estimate of drug-likeness (QED) is 0.898. The van der Waals surface area contributed by atoms with E-state index in [2.05, 4.69) is 5.32 Å². The number of hydrogen-bond donors (Lipinski definition) is 1. The molecule has 18 heavy (non-hydrogen) atoms. The molecule has 1 heterocycles. The molecule has 5 heteroatoms. The van der Waals surface area contributed by atoms with E-state index in [1.165, 1.54) is 13.2 Å². The van der Waals surface area contributed by atoms with E-state index in [0.29, 0.717) is 5.56 Å². The molecular formula is C13H16F3NO. The Labute approximate surface area is 104 Å².